The molecule has 13 heavy (non-hydrogen) atoms. The molecule has 0 spiro atoms. The van der Waals surface area contributed by atoms with Crippen LogP contribution < -0.4 is 10.6 Å². The van der Waals surface area contributed by atoms with Gasteiger partial charge in [-0.15, -0.1) is 0 Å². The summed E-state index contributed by atoms with van der Waals surface area (Å²) < 4.78 is 0. The number of rotatable bonds is 3. The summed E-state index contributed by atoms with van der Waals surface area (Å²) in [6.07, 6.45) is 0. The average Bonchev–Trinajstić information content (AvgIpc) is 2.08. The normalized spacial score (nSPS) is 10.2. The minimum absolute atomic E-state index is 0.466. The van der Waals surface area contributed by atoms with Gasteiger partial charge in [-0.25, -0.2) is 0 Å². The lowest BCUT2D eigenvalue weighted by Gasteiger charge is -2.16. The van der Waals surface area contributed by atoms with Crippen LogP contribution >= 0.6 is 0 Å². The predicted octanol–water partition coefficient (Wildman–Crippen LogP) is 2.86. The van der Waals surface area contributed by atoms with E-state index in [1.54, 1.807) is 0 Å². The van der Waals surface area contributed by atoms with Crippen molar-refractivity contribution in [2.24, 2.45) is 0 Å². The summed E-state index contributed by atoms with van der Waals surface area (Å²) in [4.78, 5) is 0. The molecular weight excluding hydrogens is 160 g/mol. The Balaban J connectivity index is 3.00. The fourth-order valence-corrected chi connectivity index (χ4v) is 1.36. The van der Waals surface area contributed by atoms with Crippen molar-refractivity contribution in [2.75, 3.05) is 17.7 Å². The molecule has 0 heterocycles. The molecule has 0 saturated carbocycles. The molecule has 72 valence electrons. The zero-order valence-electron chi connectivity index (χ0n) is 8.81. The van der Waals surface area contributed by atoms with Crippen molar-refractivity contribution >= 4 is 11.4 Å². The maximum Gasteiger partial charge on any atom is 0.0607 e. The zero-order chi connectivity index (χ0) is 9.84. The van der Waals surface area contributed by atoms with Gasteiger partial charge in [-0.2, -0.15) is 0 Å². The Morgan fingerprint density at radius 3 is 2.46 bits per heavy atom. The topological polar surface area (TPSA) is 24.1 Å². The van der Waals surface area contributed by atoms with E-state index in [0.717, 1.165) is 5.69 Å². The Morgan fingerprint density at radius 1 is 1.23 bits per heavy atom. The first-order chi connectivity index (χ1) is 6.15. The minimum Gasteiger partial charge on any atom is -0.386 e. The smallest absolute Gasteiger partial charge is 0.0607 e. The summed E-state index contributed by atoms with van der Waals surface area (Å²) in [5, 5.41) is 6.61. The number of para-hydroxylation sites is 1. The number of hydrogen-bond donors (Lipinski definition) is 2. The van der Waals surface area contributed by atoms with Gasteiger partial charge >= 0.3 is 0 Å². The lowest BCUT2D eigenvalue weighted by atomic mass is 10.1. The van der Waals surface area contributed by atoms with Gasteiger partial charge in [0, 0.05) is 13.1 Å². The first-order valence-electron chi connectivity index (χ1n) is 4.69. The largest absolute Gasteiger partial charge is 0.386 e. The van der Waals surface area contributed by atoms with Crippen LogP contribution in [0.25, 0.3) is 0 Å². The number of anilines is 2. The van der Waals surface area contributed by atoms with Crippen LogP contribution in [0.4, 0.5) is 11.4 Å². The maximum atomic E-state index is 3.43. The fourth-order valence-electron chi connectivity index (χ4n) is 1.36. The number of benzene rings is 1. The molecular formula is C11H18N2. The monoisotopic (exact) mass is 178 g/mol. The van der Waals surface area contributed by atoms with Crippen molar-refractivity contribution in [1.29, 1.82) is 0 Å². The van der Waals surface area contributed by atoms with Crippen LogP contribution in [0.15, 0.2) is 18.2 Å². The van der Waals surface area contributed by atoms with Gasteiger partial charge in [0.1, 0.15) is 0 Å². The molecule has 0 aliphatic rings. The van der Waals surface area contributed by atoms with E-state index in [1.165, 1.54) is 11.3 Å². The minimum atomic E-state index is 0.466. The van der Waals surface area contributed by atoms with E-state index in [0.29, 0.717) is 6.04 Å². The van der Waals surface area contributed by atoms with E-state index in [9.17, 15) is 0 Å². The van der Waals surface area contributed by atoms with E-state index in [2.05, 4.69) is 49.6 Å². The summed E-state index contributed by atoms with van der Waals surface area (Å²) in [6.45, 7) is 6.41. The van der Waals surface area contributed by atoms with Gasteiger partial charge in [0.05, 0.1) is 11.4 Å². The molecule has 0 atom stereocenters. The molecule has 2 heteroatoms. The van der Waals surface area contributed by atoms with Crippen LogP contribution in [0.5, 0.6) is 0 Å². The van der Waals surface area contributed by atoms with E-state index < -0.39 is 0 Å². The first kappa shape index (κ1) is 9.90. The quantitative estimate of drug-likeness (QED) is 0.743. The number of aryl methyl sites for hydroxylation is 1. The van der Waals surface area contributed by atoms with Crippen molar-refractivity contribution in [1.82, 2.24) is 0 Å². The summed E-state index contributed by atoms with van der Waals surface area (Å²) in [5.74, 6) is 0. The number of nitrogens with one attached hydrogen (secondary N) is 2. The zero-order valence-corrected chi connectivity index (χ0v) is 8.81. The molecule has 2 N–H and O–H groups in total. The fraction of sp³-hybridized carbons (Fsp3) is 0.455. The van der Waals surface area contributed by atoms with Crippen molar-refractivity contribution in [3.05, 3.63) is 23.8 Å². The van der Waals surface area contributed by atoms with Gasteiger partial charge in [-0.05, 0) is 32.4 Å². The predicted molar refractivity (Wildman–Crippen MR) is 59.5 cm³/mol. The number of hydrogen-bond acceptors (Lipinski definition) is 2. The maximum absolute atomic E-state index is 3.43. The molecule has 0 radical (unpaired) electrons. The highest BCUT2D eigenvalue weighted by molar-refractivity contribution is 5.72. The van der Waals surface area contributed by atoms with E-state index in [-0.39, 0.29) is 0 Å². The van der Waals surface area contributed by atoms with Crippen LogP contribution in [0.2, 0.25) is 0 Å². The Morgan fingerprint density at radius 2 is 1.92 bits per heavy atom. The van der Waals surface area contributed by atoms with Gasteiger partial charge < -0.3 is 10.6 Å². The Kier molecular flexibility index (Phi) is 3.18. The lowest BCUT2D eigenvalue weighted by molar-refractivity contribution is 0.898. The van der Waals surface area contributed by atoms with Crippen LogP contribution in [0, 0.1) is 6.92 Å². The lowest BCUT2D eigenvalue weighted by Crippen LogP contribution is -2.12. The van der Waals surface area contributed by atoms with Crippen LogP contribution in [0.3, 0.4) is 0 Å². The standard InChI is InChI=1S/C11H18N2/c1-8(2)13-11-9(3)6-5-7-10(11)12-4/h5-8,12-13H,1-4H3. The molecule has 0 bridgehead atoms. The molecule has 0 saturated heterocycles. The molecule has 1 rings (SSSR count). The first-order valence-corrected chi connectivity index (χ1v) is 4.69. The molecule has 1 aromatic carbocycles. The van der Waals surface area contributed by atoms with Crippen molar-refractivity contribution in [2.45, 2.75) is 26.8 Å². The Hall–Kier alpha value is -1.18. The molecule has 0 unspecified atom stereocenters. The second kappa shape index (κ2) is 4.17. The highest BCUT2D eigenvalue weighted by Crippen LogP contribution is 2.25. The second-order valence-corrected chi connectivity index (χ2v) is 3.55. The van der Waals surface area contributed by atoms with E-state index in [1.807, 2.05) is 7.05 Å². The van der Waals surface area contributed by atoms with Crippen molar-refractivity contribution in [3.8, 4) is 0 Å². The van der Waals surface area contributed by atoms with Gasteiger partial charge in [0.2, 0.25) is 0 Å². The molecule has 0 fully saturated rings. The molecule has 1 aromatic rings. The highest BCUT2D eigenvalue weighted by Gasteiger charge is 2.04. The van der Waals surface area contributed by atoms with Crippen LogP contribution in [0.1, 0.15) is 19.4 Å². The third kappa shape index (κ3) is 2.38. The third-order valence-corrected chi connectivity index (χ3v) is 1.98. The summed E-state index contributed by atoms with van der Waals surface area (Å²) in [5.41, 5.74) is 3.65. The molecule has 0 aliphatic carbocycles. The summed E-state index contributed by atoms with van der Waals surface area (Å²) in [7, 11) is 1.94. The molecule has 0 aliphatic heterocycles. The second-order valence-electron chi connectivity index (χ2n) is 3.55. The van der Waals surface area contributed by atoms with Gasteiger partial charge in [-0.3, -0.25) is 0 Å². The van der Waals surface area contributed by atoms with Crippen LogP contribution in [-0.2, 0) is 0 Å². The summed E-state index contributed by atoms with van der Waals surface area (Å²) in [6, 6.07) is 6.73. The van der Waals surface area contributed by atoms with Gasteiger partial charge in [0.25, 0.3) is 0 Å². The van der Waals surface area contributed by atoms with E-state index in [4.69, 9.17) is 0 Å². The van der Waals surface area contributed by atoms with Crippen molar-refractivity contribution < 1.29 is 0 Å². The molecule has 2 nitrogen and oxygen atoms in total. The van der Waals surface area contributed by atoms with Crippen molar-refractivity contribution in [3.63, 3.8) is 0 Å². The SMILES string of the molecule is CNc1cccc(C)c1NC(C)C. The Labute approximate surface area is 80.4 Å². The van der Waals surface area contributed by atoms with Gasteiger partial charge in [-0.1, -0.05) is 12.1 Å². The van der Waals surface area contributed by atoms with Gasteiger partial charge in [0.15, 0.2) is 0 Å². The Bertz CT molecular complexity index is 279. The molecule has 0 amide bonds. The van der Waals surface area contributed by atoms with E-state index >= 15 is 0 Å². The highest BCUT2D eigenvalue weighted by atomic mass is 15.0. The molecule has 0 aromatic heterocycles. The van der Waals surface area contributed by atoms with Crippen LogP contribution in [-0.4, -0.2) is 13.1 Å². The average molecular weight is 178 g/mol. The summed E-state index contributed by atoms with van der Waals surface area (Å²) >= 11 is 0. The third-order valence-electron chi connectivity index (χ3n) is 1.98.